The van der Waals surface area contributed by atoms with Crippen molar-refractivity contribution in [2.24, 2.45) is 23.3 Å². The van der Waals surface area contributed by atoms with E-state index >= 15 is 0 Å². The molecule has 14 heavy (non-hydrogen) atoms. The highest BCUT2D eigenvalue weighted by Crippen LogP contribution is 2.34. The molecule has 4 heteroatoms. The van der Waals surface area contributed by atoms with Gasteiger partial charge in [-0.1, -0.05) is 12.8 Å². The zero-order chi connectivity index (χ0) is 10.6. The zero-order valence-corrected chi connectivity index (χ0v) is 8.37. The molecule has 1 aliphatic rings. The lowest BCUT2D eigenvalue weighted by molar-refractivity contribution is -0.122. The summed E-state index contributed by atoms with van der Waals surface area (Å²) < 4.78 is 0. The first-order valence-electron chi connectivity index (χ1n) is 5.16. The fourth-order valence-corrected chi connectivity index (χ4v) is 2.34. The molecule has 0 bridgehead atoms. The van der Waals surface area contributed by atoms with Gasteiger partial charge in [-0.25, -0.2) is 0 Å². The molecule has 0 heterocycles. The molecular weight excluding hydrogens is 180 g/mol. The van der Waals surface area contributed by atoms with Gasteiger partial charge in [0.2, 0.25) is 11.8 Å². The minimum absolute atomic E-state index is 0.272. The maximum atomic E-state index is 10.8. The molecular formula is C10H18N2O2. The summed E-state index contributed by atoms with van der Waals surface area (Å²) in [7, 11) is 0. The summed E-state index contributed by atoms with van der Waals surface area (Å²) in [4.78, 5) is 21.6. The van der Waals surface area contributed by atoms with Crippen LogP contribution in [0.3, 0.4) is 0 Å². The first kappa shape index (κ1) is 11.0. The van der Waals surface area contributed by atoms with Crippen molar-refractivity contribution in [3.63, 3.8) is 0 Å². The molecule has 4 nitrogen and oxygen atoms in total. The fraction of sp³-hybridized carbons (Fsp3) is 0.800. The third kappa shape index (κ3) is 3.36. The van der Waals surface area contributed by atoms with E-state index in [4.69, 9.17) is 11.5 Å². The topological polar surface area (TPSA) is 86.2 Å². The molecule has 0 radical (unpaired) electrons. The first-order chi connectivity index (χ1) is 6.59. The summed E-state index contributed by atoms with van der Waals surface area (Å²) in [6.07, 6.45) is 5.07. The third-order valence-corrected chi connectivity index (χ3v) is 2.99. The Labute approximate surface area is 84.0 Å². The molecule has 0 aromatic rings. The van der Waals surface area contributed by atoms with Crippen LogP contribution < -0.4 is 11.5 Å². The summed E-state index contributed by atoms with van der Waals surface area (Å²) in [6.45, 7) is 0. The van der Waals surface area contributed by atoms with Crippen molar-refractivity contribution in [3.05, 3.63) is 0 Å². The molecule has 1 saturated carbocycles. The van der Waals surface area contributed by atoms with Crippen LogP contribution in [0.4, 0.5) is 0 Å². The minimum atomic E-state index is -0.272. The maximum absolute atomic E-state index is 10.8. The van der Waals surface area contributed by atoms with Crippen molar-refractivity contribution in [2.45, 2.75) is 38.5 Å². The second-order valence-electron chi connectivity index (χ2n) is 4.15. The SMILES string of the molecule is NC(=O)CC1CCCCC1CC(N)=O. The summed E-state index contributed by atoms with van der Waals surface area (Å²) in [5, 5.41) is 0. The number of rotatable bonds is 4. The van der Waals surface area contributed by atoms with Gasteiger partial charge in [0.1, 0.15) is 0 Å². The van der Waals surface area contributed by atoms with Crippen LogP contribution in [0.5, 0.6) is 0 Å². The van der Waals surface area contributed by atoms with Gasteiger partial charge in [-0.15, -0.1) is 0 Å². The standard InChI is InChI=1S/C10H18N2O2/c11-9(13)5-7-3-1-2-4-8(7)6-10(12)14/h7-8H,1-6H2,(H2,11,13)(H2,12,14). The smallest absolute Gasteiger partial charge is 0.217 e. The van der Waals surface area contributed by atoms with Gasteiger partial charge in [0.25, 0.3) is 0 Å². The van der Waals surface area contributed by atoms with Crippen LogP contribution in [-0.4, -0.2) is 11.8 Å². The molecule has 4 N–H and O–H groups in total. The van der Waals surface area contributed by atoms with Crippen molar-refractivity contribution in [3.8, 4) is 0 Å². The second kappa shape index (κ2) is 4.98. The molecule has 2 amide bonds. The molecule has 80 valence electrons. The number of amides is 2. The molecule has 1 rings (SSSR count). The number of nitrogens with two attached hydrogens (primary N) is 2. The second-order valence-corrected chi connectivity index (χ2v) is 4.15. The van der Waals surface area contributed by atoms with E-state index in [9.17, 15) is 9.59 Å². The molecule has 2 atom stereocenters. The van der Waals surface area contributed by atoms with Crippen molar-refractivity contribution in [1.82, 2.24) is 0 Å². The Morgan fingerprint density at radius 3 is 1.57 bits per heavy atom. The predicted octanol–water partition coefficient (Wildman–Crippen LogP) is 0.544. The number of hydrogen-bond acceptors (Lipinski definition) is 2. The molecule has 0 saturated heterocycles. The highest BCUT2D eigenvalue weighted by atomic mass is 16.1. The normalized spacial score (nSPS) is 27.1. The Hall–Kier alpha value is -1.06. The lowest BCUT2D eigenvalue weighted by atomic mass is 9.75. The zero-order valence-electron chi connectivity index (χ0n) is 8.37. The lowest BCUT2D eigenvalue weighted by Gasteiger charge is -2.29. The average molecular weight is 198 g/mol. The van der Waals surface area contributed by atoms with Crippen LogP contribution in [0, 0.1) is 11.8 Å². The van der Waals surface area contributed by atoms with Crippen LogP contribution >= 0.6 is 0 Å². The van der Waals surface area contributed by atoms with E-state index < -0.39 is 0 Å². The summed E-state index contributed by atoms with van der Waals surface area (Å²) in [5.41, 5.74) is 10.3. The number of primary amides is 2. The van der Waals surface area contributed by atoms with E-state index in [0.29, 0.717) is 12.8 Å². The highest BCUT2D eigenvalue weighted by Gasteiger charge is 2.27. The van der Waals surface area contributed by atoms with Gasteiger partial charge in [-0.05, 0) is 24.7 Å². The molecule has 2 unspecified atom stereocenters. The maximum Gasteiger partial charge on any atom is 0.217 e. The Morgan fingerprint density at radius 2 is 1.29 bits per heavy atom. The van der Waals surface area contributed by atoms with Gasteiger partial charge in [0.15, 0.2) is 0 Å². The Balaban J connectivity index is 2.49. The Bertz CT molecular complexity index is 204. The third-order valence-electron chi connectivity index (χ3n) is 2.99. The molecule has 0 aromatic carbocycles. The molecule has 1 aliphatic carbocycles. The fourth-order valence-electron chi connectivity index (χ4n) is 2.34. The van der Waals surface area contributed by atoms with E-state index in [2.05, 4.69) is 0 Å². The molecule has 0 aliphatic heterocycles. The quantitative estimate of drug-likeness (QED) is 0.690. The number of hydrogen-bond donors (Lipinski definition) is 2. The van der Waals surface area contributed by atoms with E-state index in [0.717, 1.165) is 25.7 Å². The van der Waals surface area contributed by atoms with Crippen molar-refractivity contribution in [1.29, 1.82) is 0 Å². The van der Waals surface area contributed by atoms with Gasteiger partial charge in [-0.2, -0.15) is 0 Å². The molecule has 1 fully saturated rings. The first-order valence-corrected chi connectivity index (χ1v) is 5.16. The van der Waals surface area contributed by atoms with E-state index in [1.165, 1.54) is 0 Å². The average Bonchev–Trinajstić information content (AvgIpc) is 2.06. The van der Waals surface area contributed by atoms with E-state index in [1.54, 1.807) is 0 Å². The van der Waals surface area contributed by atoms with Crippen LogP contribution in [0.1, 0.15) is 38.5 Å². The number of carbonyl (C=O) groups is 2. The molecule has 0 spiro atoms. The lowest BCUT2D eigenvalue weighted by Crippen LogP contribution is -2.28. The van der Waals surface area contributed by atoms with Gasteiger partial charge in [0, 0.05) is 12.8 Å². The summed E-state index contributed by atoms with van der Waals surface area (Å²) in [5.74, 6) is 0.000223. The van der Waals surface area contributed by atoms with Crippen LogP contribution in [0.25, 0.3) is 0 Å². The van der Waals surface area contributed by atoms with Gasteiger partial charge in [-0.3, -0.25) is 9.59 Å². The summed E-state index contributed by atoms with van der Waals surface area (Å²) in [6, 6.07) is 0. The monoisotopic (exact) mass is 198 g/mol. The van der Waals surface area contributed by atoms with Crippen molar-refractivity contribution >= 4 is 11.8 Å². The highest BCUT2D eigenvalue weighted by molar-refractivity contribution is 5.75. The largest absolute Gasteiger partial charge is 0.370 e. The van der Waals surface area contributed by atoms with E-state index in [1.807, 2.05) is 0 Å². The minimum Gasteiger partial charge on any atom is -0.370 e. The van der Waals surface area contributed by atoms with Gasteiger partial charge >= 0.3 is 0 Å². The van der Waals surface area contributed by atoms with Crippen molar-refractivity contribution in [2.75, 3.05) is 0 Å². The number of carbonyl (C=O) groups excluding carboxylic acids is 2. The van der Waals surface area contributed by atoms with Crippen LogP contribution in [-0.2, 0) is 9.59 Å². The predicted molar refractivity (Wildman–Crippen MR) is 53.1 cm³/mol. The van der Waals surface area contributed by atoms with E-state index in [-0.39, 0.29) is 23.7 Å². The van der Waals surface area contributed by atoms with Gasteiger partial charge in [0.05, 0.1) is 0 Å². The Kier molecular flexibility index (Phi) is 3.92. The summed E-state index contributed by atoms with van der Waals surface area (Å²) >= 11 is 0. The van der Waals surface area contributed by atoms with Crippen molar-refractivity contribution < 1.29 is 9.59 Å². The Morgan fingerprint density at radius 1 is 0.929 bits per heavy atom. The van der Waals surface area contributed by atoms with Crippen LogP contribution in [0.15, 0.2) is 0 Å². The van der Waals surface area contributed by atoms with Crippen LogP contribution in [0.2, 0.25) is 0 Å². The van der Waals surface area contributed by atoms with Gasteiger partial charge < -0.3 is 11.5 Å². The molecule has 0 aromatic heterocycles.